The van der Waals surface area contributed by atoms with Crippen molar-refractivity contribution in [3.8, 4) is 5.69 Å². The molecular formula is C23H16ClN5OS. The Morgan fingerprint density at radius 3 is 2.58 bits per heavy atom. The number of aromatic nitrogens is 1. The molecule has 2 aliphatic rings. The Hall–Kier alpha value is -3.42. The lowest BCUT2D eigenvalue weighted by Gasteiger charge is -2.20. The van der Waals surface area contributed by atoms with Gasteiger partial charge in [0.2, 0.25) is 5.17 Å². The van der Waals surface area contributed by atoms with Gasteiger partial charge in [0.1, 0.15) is 5.04 Å². The second kappa shape index (κ2) is 8.02. The highest BCUT2D eigenvalue weighted by atomic mass is 35.5. The first kappa shape index (κ1) is 19.5. The molecule has 1 aromatic heterocycles. The third kappa shape index (κ3) is 3.85. The number of amides is 1. The Morgan fingerprint density at radius 1 is 1.03 bits per heavy atom. The molecule has 0 saturated carbocycles. The molecule has 1 N–H and O–H groups in total. The van der Waals surface area contributed by atoms with Gasteiger partial charge in [0.15, 0.2) is 5.84 Å². The van der Waals surface area contributed by atoms with Crippen molar-refractivity contribution in [1.29, 1.82) is 5.41 Å². The number of nitrogens with zero attached hydrogens (tertiary/aromatic N) is 4. The van der Waals surface area contributed by atoms with E-state index in [0.717, 1.165) is 22.0 Å². The van der Waals surface area contributed by atoms with E-state index in [-0.39, 0.29) is 11.4 Å². The lowest BCUT2D eigenvalue weighted by Crippen LogP contribution is -2.35. The van der Waals surface area contributed by atoms with Crippen LogP contribution in [0, 0.1) is 5.41 Å². The molecule has 0 bridgehead atoms. The lowest BCUT2D eigenvalue weighted by molar-refractivity contribution is -0.114. The van der Waals surface area contributed by atoms with Crippen molar-refractivity contribution in [3.63, 3.8) is 0 Å². The van der Waals surface area contributed by atoms with Gasteiger partial charge in [-0.1, -0.05) is 41.9 Å². The third-order valence-corrected chi connectivity index (χ3v) is 6.03. The molecule has 152 valence electrons. The maximum absolute atomic E-state index is 12.7. The zero-order valence-corrected chi connectivity index (χ0v) is 17.8. The van der Waals surface area contributed by atoms with Gasteiger partial charge in [-0.3, -0.25) is 10.2 Å². The minimum atomic E-state index is -0.441. The monoisotopic (exact) mass is 445 g/mol. The van der Waals surface area contributed by atoms with E-state index in [0.29, 0.717) is 16.6 Å². The molecule has 5 rings (SSSR count). The van der Waals surface area contributed by atoms with Gasteiger partial charge in [0.05, 0.1) is 5.57 Å². The van der Waals surface area contributed by atoms with Gasteiger partial charge in [-0.05, 0) is 59.8 Å². The number of benzene rings is 2. The molecule has 3 aromatic rings. The fraction of sp³-hybridized carbons (Fsp3) is 0.0435. The standard InChI is InChI=1S/C23H16ClN5OS/c24-16-8-10-17(11-9-16)28-12-4-7-18(28)14-19-21(25)29-23(26-22(19)30)31-20(27-29)13-15-5-2-1-3-6-15/h1-12,14,25H,13H2/b19-14-,25-21?. The maximum Gasteiger partial charge on any atom is 0.283 e. The topological polar surface area (TPSA) is 73.8 Å². The molecule has 3 heterocycles. The summed E-state index contributed by atoms with van der Waals surface area (Å²) < 4.78 is 1.92. The smallest absolute Gasteiger partial charge is 0.283 e. The number of halogens is 1. The van der Waals surface area contributed by atoms with Crippen molar-refractivity contribution in [2.75, 3.05) is 0 Å². The molecule has 0 saturated heterocycles. The molecule has 2 aromatic carbocycles. The Morgan fingerprint density at radius 2 is 1.81 bits per heavy atom. The molecule has 0 spiro atoms. The number of carbonyl (C=O) groups is 1. The third-order valence-electron chi connectivity index (χ3n) is 4.87. The van der Waals surface area contributed by atoms with Crippen LogP contribution >= 0.6 is 23.4 Å². The van der Waals surface area contributed by atoms with Gasteiger partial charge in [-0.2, -0.15) is 15.1 Å². The molecule has 0 fully saturated rings. The molecule has 6 nitrogen and oxygen atoms in total. The average molecular weight is 446 g/mol. The van der Waals surface area contributed by atoms with Gasteiger partial charge in [0, 0.05) is 29.0 Å². The number of aliphatic imine (C=N–C) groups is 1. The summed E-state index contributed by atoms with van der Waals surface area (Å²) in [5, 5.41) is 16.4. The van der Waals surface area contributed by atoms with E-state index in [1.54, 1.807) is 6.08 Å². The Labute approximate surface area is 188 Å². The first-order chi connectivity index (χ1) is 15.1. The fourth-order valence-electron chi connectivity index (χ4n) is 3.37. The first-order valence-electron chi connectivity index (χ1n) is 9.55. The molecule has 31 heavy (non-hydrogen) atoms. The van der Waals surface area contributed by atoms with E-state index in [1.165, 1.54) is 16.8 Å². The first-order valence-corrected chi connectivity index (χ1v) is 10.7. The second-order valence-electron chi connectivity index (χ2n) is 6.96. The molecule has 0 unspecified atom stereocenters. The number of carbonyl (C=O) groups excluding carboxylic acids is 1. The largest absolute Gasteiger partial charge is 0.317 e. The summed E-state index contributed by atoms with van der Waals surface area (Å²) in [4.78, 5) is 16.9. The summed E-state index contributed by atoms with van der Waals surface area (Å²) in [6.45, 7) is 0. The molecule has 0 atom stereocenters. The predicted molar refractivity (Wildman–Crippen MR) is 126 cm³/mol. The van der Waals surface area contributed by atoms with Crippen LogP contribution in [0.25, 0.3) is 11.8 Å². The number of rotatable bonds is 4. The van der Waals surface area contributed by atoms with Crippen molar-refractivity contribution in [1.82, 2.24) is 9.58 Å². The van der Waals surface area contributed by atoms with Gasteiger partial charge >= 0.3 is 0 Å². The van der Waals surface area contributed by atoms with Crippen LogP contribution in [0.3, 0.4) is 0 Å². The predicted octanol–water partition coefficient (Wildman–Crippen LogP) is 4.99. The van der Waals surface area contributed by atoms with Crippen molar-refractivity contribution < 1.29 is 4.79 Å². The number of hydrogen-bond acceptors (Lipinski definition) is 4. The van der Waals surface area contributed by atoms with Crippen LogP contribution in [0.4, 0.5) is 0 Å². The molecule has 8 heteroatoms. The summed E-state index contributed by atoms with van der Waals surface area (Å²) in [5.41, 5.74) is 2.97. The lowest BCUT2D eigenvalue weighted by atomic mass is 10.1. The van der Waals surface area contributed by atoms with Crippen LogP contribution in [0.15, 0.2) is 88.6 Å². The van der Waals surface area contributed by atoms with Crippen molar-refractivity contribution in [3.05, 3.63) is 94.8 Å². The summed E-state index contributed by atoms with van der Waals surface area (Å²) in [6, 6.07) is 21.1. The number of amidine groups is 2. The summed E-state index contributed by atoms with van der Waals surface area (Å²) in [6.07, 6.45) is 4.19. The van der Waals surface area contributed by atoms with Gasteiger partial charge in [-0.25, -0.2) is 0 Å². The van der Waals surface area contributed by atoms with Gasteiger partial charge < -0.3 is 4.57 Å². The SMILES string of the molecule is N=C1/C(=C/c2cccn2-c2ccc(Cl)cc2)C(=O)N=C2SC(Cc3ccccc3)=NN12. The quantitative estimate of drug-likeness (QED) is 0.575. The molecule has 2 aliphatic heterocycles. The molecule has 0 aliphatic carbocycles. The number of nitrogens with one attached hydrogen (secondary N) is 1. The highest BCUT2D eigenvalue weighted by Crippen LogP contribution is 2.30. The highest BCUT2D eigenvalue weighted by molar-refractivity contribution is 8.26. The minimum absolute atomic E-state index is 0.0226. The zero-order chi connectivity index (χ0) is 21.4. The van der Waals surface area contributed by atoms with Crippen LogP contribution in [0.2, 0.25) is 5.02 Å². The Balaban J connectivity index is 1.44. The number of hydrogen-bond donors (Lipinski definition) is 1. The number of hydrazone groups is 1. The van der Waals surface area contributed by atoms with E-state index in [2.05, 4.69) is 10.1 Å². The molecule has 0 radical (unpaired) electrons. The highest BCUT2D eigenvalue weighted by Gasteiger charge is 2.35. The van der Waals surface area contributed by atoms with Crippen LogP contribution < -0.4 is 0 Å². The van der Waals surface area contributed by atoms with Crippen LogP contribution in [0.1, 0.15) is 11.3 Å². The summed E-state index contributed by atoms with van der Waals surface area (Å²) >= 11 is 7.32. The maximum atomic E-state index is 12.7. The van der Waals surface area contributed by atoms with E-state index >= 15 is 0 Å². The van der Waals surface area contributed by atoms with Gasteiger partial charge in [-0.15, -0.1) is 0 Å². The van der Waals surface area contributed by atoms with E-state index < -0.39 is 5.91 Å². The van der Waals surface area contributed by atoms with E-state index in [9.17, 15) is 4.79 Å². The van der Waals surface area contributed by atoms with Crippen LogP contribution in [-0.2, 0) is 11.2 Å². The normalized spacial score (nSPS) is 17.1. The summed E-state index contributed by atoms with van der Waals surface area (Å²) in [7, 11) is 0. The minimum Gasteiger partial charge on any atom is -0.317 e. The number of thioether (sulfide) groups is 1. The second-order valence-corrected chi connectivity index (χ2v) is 8.43. The average Bonchev–Trinajstić information content (AvgIpc) is 3.39. The summed E-state index contributed by atoms with van der Waals surface area (Å²) in [5.74, 6) is -0.418. The Kier molecular flexibility index (Phi) is 5.05. The van der Waals surface area contributed by atoms with Crippen LogP contribution in [0.5, 0.6) is 0 Å². The van der Waals surface area contributed by atoms with E-state index in [1.807, 2.05) is 77.5 Å². The van der Waals surface area contributed by atoms with Crippen LogP contribution in [-0.4, -0.2) is 31.5 Å². The van der Waals surface area contributed by atoms with Crippen molar-refractivity contribution in [2.45, 2.75) is 6.42 Å². The number of fused-ring (bicyclic) bond motifs is 1. The van der Waals surface area contributed by atoms with Gasteiger partial charge in [0.25, 0.3) is 5.91 Å². The fourth-order valence-corrected chi connectivity index (χ4v) is 4.42. The molecule has 1 amide bonds. The van der Waals surface area contributed by atoms with Crippen molar-refractivity contribution >= 4 is 51.4 Å². The molecular weight excluding hydrogens is 430 g/mol. The zero-order valence-electron chi connectivity index (χ0n) is 16.2. The van der Waals surface area contributed by atoms with E-state index in [4.69, 9.17) is 17.0 Å². The van der Waals surface area contributed by atoms with Crippen molar-refractivity contribution in [2.24, 2.45) is 10.1 Å². The Bertz CT molecular complexity index is 1270.